The summed E-state index contributed by atoms with van der Waals surface area (Å²) < 4.78 is 4.99. The minimum atomic E-state index is -0.868. The van der Waals surface area contributed by atoms with Crippen LogP contribution in [0.5, 0.6) is 0 Å². The first-order valence-electron chi connectivity index (χ1n) is 11.2. The van der Waals surface area contributed by atoms with Gasteiger partial charge in [0.25, 0.3) is 5.69 Å². The van der Waals surface area contributed by atoms with Crippen molar-refractivity contribution in [3.63, 3.8) is 0 Å². The lowest BCUT2D eigenvalue weighted by Gasteiger charge is -2.28. The van der Waals surface area contributed by atoms with Crippen LogP contribution in [-0.2, 0) is 19.1 Å². The van der Waals surface area contributed by atoms with Crippen LogP contribution >= 0.6 is 0 Å². The van der Waals surface area contributed by atoms with E-state index < -0.39 is 41.7 Å². The second kappa shape index (κ2) is 8.48. The fourth-order valence-corrected chi connectivity index (χ4v) is 5.96. The van der Waals surface area contributed by atoms with E-state index in [1.165, 1.54) is 23.8 Å². The number of benzene rings is 2. The van der Waals surface area contributed by atoms with Crippen LogP contribution in [0.3, 0.4) is 0 Å². The van der Waals surface area contributed by atoms with Gasteiger partial charge in [-0.1, -0.05) is 42.5 Å². The highest BCUT2D eigenvalue weighted by molar-refractivity contribution is 6.08. The van der Waals surface area contributed by atoms with E-state index in [1.54, 1.807) is 0 Å². The topological polar surface area (TPSA) is 124 Å². The Morgan fingerprint density at radius 1 is 1.00 bits per heavy atom. The second-order valence-corrected chi connectivity index (χ2v) is 9.12. The molecule has 2 aromatic rings. The van der Waals surface area contributed by atoms with Crippen molar-refractivity contribution in [3.8, 4) is 0 Å². The summed E-state index contributed by atoms with van der Waals surface area (Å²) in [5.41, 5.74) is 0.958. The quantitative estimate of drug-likeness (QED) is 0.204. The molecule has 9 heteroatoms. The molecule has 1 heterocycles. The average molecular weight is 462 g/mol. The Bertz CT molecular complexity index is 1190. The van der Waals surface area contributed by atoms with Gasteiger partial charge in [-0.15, -0.1) is 0 Å². The van der Waals surface area contributed by atoms with Crippen LogP contribution in [0.15, 0.2) is 54.6 Å². The van der Waals surface area contributed by atoms with E-state index in [0.717, 1.165) is 23.8 Å². The Morgan fingerprint density at radius 3 is 2.47 bits per heavy atom. The zero-order valence-corrected chi connectivity index (χ0v) is 18.2. The van der Waals surface area contributed by atoms with Crippen molar-refractivity contribution in [2.45, 2.75) is 18.8 Å². The molecular formula is C25H22N2O7. The molecule has 174 valence electrons. The molecule has 2 amide bonds. The van der Waals surface area contributed by atoms with Gasteiger partial charge in [-0.05, 0) is 36.2 Å². The van der Waals surface area contributed by atoms with Gasteiger partial charge in [-0.3, -0.25) is 34.2 Å². The Morgan fingerprint density at radius 2 is 1.74 bits per heavy atom. The number of nitro benzene ring substituents is 1. The van der Waals surface area contributed by atoms with E-state index in [4.69, 9.17) is 4.74 Å². The number of ketones is 1. The number of amides is 2. The van der Waals surface area contributed by atoms with Gasteiger partial charge in [-0.25, -0.2) is 0 Å². The smallest absolute Gasteiger partial charge is 0.326 e. The van der Waals surface area contributed by atoms with Crippen molar-refractivity contribution in [3.05, 3.63) is 75.8 Å². The summed E-state index contributed by atoms with van der Waals surface area (Å²) in [6.45, 7) is -1.17. The number of nitro groups is 1. The zero-order valence-electron chi connectivity index (χ0n) is 18.2. The van der Waals surface area contributed by atoms with Crippen molar-refractivity contribution in [2.24, 2.45) is 23.7 Å². The SMILES string of the molecule is O=C(CN1C(=O)[C@@H]2[C@@H]3C[C@@H]([C@H]2C1=O)[C@H](c1ccccc1)C3)OCC(=O)c1cccc([N+](=O)[O-])c1. The second-order valence-electron chi connectivity index (χ2n) is 9.12. The van der Waals surface area contributed by atoms with Gasteiger partial charge in [-0.2, -0.15) is 0 Å². The maximum Gasteiger partial charge on any atom is 0.326 e. The molecule has 2 saturated carbocycles. The molecule has 1 saturated heterocycles. The molecule has 9 nitrogen and oxygen atoms in total. The van der Waals surface area contributed by atoms with Gasteiger partial charge >= 0.3 is 5.97 Å². The predicted molar refractivity (Wildman–Crippen MR) is 117 cm³/mol. The molecule has 2 aromatic carbocycles. The molecule has 2 aliphatic carbocycles. The van der Waals surface area contributed by atoms with E-state index >= 15 is 0 Å². The van der Waals surface area contributed by atoms with E-state index in [2.05, 4.69) is 12.1 Å². The Balaban J connectivity index is 1.21. The number of carbonyl (C=O) groups excluding carboxylic acids is 4. The molecule has 5 rings (SSSR count). The first-order chi connectivity index (χ1) is 16.3. The van der Waals surface area contributed by atoms with Crippen LogP contribution < -0.4 is 0 Å². The molecule has 0 spiro atoms. The van der Waals surface area contributed by atoms with Crippen LogP contribution in [-0.4, -0.2) is 46.5 Å². The first kappa shape index (κ1) is 21.9. The van der Waals surface area contributed by atoms with E-state index in [9.17, 15) is 29.3 Å². The summed E-state index contributed by atoms with van der Waals surface area (Å²) in [5.74, 6) is -2.56. The molecule has 1 aliphatic heterocycles. The van der Waals surface area contributed by atoms with E-state index in [-0.39, 0.29) is 40.8 Å². The lowest BCUT2D eigenvalue weighted by atomic mass is 9.73. The highest BCUT2D eigenvalue weighted by Crippen LogP contribution is 2.61. The standard InChI is InChI=1S/C25H22N2O7/c28-20(15-7-4-8-17(9-15)27(32)33)13-34-21(29)12-26-24(30)22-16-10-18(14-5-2-1-3-6-14)19(11-16)23(22)25(26)31/h1-9,16,18-19,22-23H,10-13H2/t16-,18-,19+,22+,23+/m0/s1. The minimum Gasteiger partial charge on any atom is -0.456 e. The highest BCUT2D eigenvalue weighted by atomic mass is 16.6. The lowest BCUT2D eigenvalue weighted by Crippen LogP contribution is -2.38. The van der Waals surface area contributed by atoms with Gasteiger partial charge in [0.15, 0.2) is 6.61 Å². The third kappa shape index (κ3) is 3.67. The first-order valence-corrected chi connectivity index (χ1v) is 11.2. The highest BCUT2D eigenvalue weighted by Gasteiger charge is 2.64. The number of imide groups is 1. The maximum absolute atomic E-state index is 13.1. The monoisotopic (exact) mass is 462 g/mol. The number of likely N-dealkylation sites (tertiary alicyclic amines) is 1. The summed E-state index contributed by atoms with van der Waals surface area (Å²) in [6.07, 6.45) is 1.69. The number of hydrogen-bond donors (Lipinski definition) is 0. The maximum atomic E-state index is 13.1. The van der Waals surface area contributed by atoms with Crippen LogP contribution in [0.2, 0.25) is 0 Å². The Hall–Kier alpha value is -3.88. The third-order valence-electron chi connectivity index (χ3n) is 7.36. The Kier molecular flexibility index (Phi) is 5.47. The van der Waals surface area contributed by atoms with Crippen LogP contribution in [0, 0.1) is 33.8 Å². The van der Waals surface area contributed by atoms with Crippen molar-refractivity contribution in [1.29, 1.82) is 0 Å². The lowest BCUT2D eigenvalue weighted by molar-refractivity contribution is -0.384. The number of hydrogen-bond acceptors (Lipinski definition) is 7. The van der Waals surface area contributed by atoms with Gasteiger partial charge in [0.2, 0.25) is 17.6 Å². The minimum absolute atomic E-state index is 0.0355. The zero-order chi connectivity index (χ0) is 24.0. The van der Waals surface area contributed by atoms with Crippen LogP contribution in [0.25, 0.3) is 0 Å². The Labute approximate surface area is 194 Å². The largest absolute Gasteiger partial charge is 0.456 e. The van der Waals surface area contributed by atoms with Crippen molar-refractivity contribution in [2.75, 3.05) is 13.2 Å². The fraction of sp³-hybridized carbons (Fsp3) is 0.360. The molecular weight excluding hydrogens is 440 g/mol. The third-order valence-corrected chi connectivity index (χ3v) is 7.36. The van der Waals surface area contributed by atoms with Crippen molar-refractivity contribution >= 4 is 29.3 Å². The molecule has 3 aliphatic rings. The number of carbonyl (C=O) groups is 4. The average Bonchev–Trinajstić information content (AvgIpc) is 3.51. The van der Waals surface area contributed by atoms with Gasteiger partial charge in [0.05, 0.1) is 16.8 Å². The number of fused-ring (bicyclic) bond motifs is 5. The summed E-state index contributed by atoms with van der Waals surface area (Å²) in [6, 6.07) is 15.1. The number of rotatable bonds is 7. The summed E-state index contributed by atoms with van der Waals surface area (Å²) in [7, 11) is 0. The molecule has 0 unspecified atom stereocenters. The molecule has 0 aromatic heterocycles. The van der Waals surface area contributed by atoms with Crippen molar-refractivity contribution in [1.82, 2.24) is 4.90 Å². The van der Waals surface area contributed by atoms with Crippen LogP contribution in [0.4, 0.5) is 5.69 Å². The summed E-state index contributed by atoms with van der Waals surface area (Å²) >= 11 is 0. The van der Waals surface area contributed by atoms with Crippen molar-refractivity contribution < 1.29 is 28.8 Å². The molecule has 34 heavy (non-hydrogen) atoms. The number of Topliss-reactive ketones (excluding diaryl/α,β-unsaturated/α-hetero) is 1. The molecule has 2 bridgehead atoms. The molecule has 5 atom stereocenters. The van der Waals surface area contributed by atoms with Gasteiger partial charge < -0.3 is 4.74 Å². The normalized spacial score (nSPS) is 27.1. The number of nitrogens with zero attached hydrogens (tertiary/aromatic N) is 2. The van der Waals surface area contributed by atoms with Gasteiger partial charge in [0.1, 0.15) is 6.54 Å². The molecule has 0 N–H and O–H groups in total. The number of non-ortho nitro benzene ring substituents is 1. The summed E-state index contributed by atoms with van der Waals surface area (Å²) in [5, 5.41) is 10.9. The molecule has 3 fully saturated rings. The van der Waals surface area contributed by atoms with Crippen LogP contribution in [0.1, 0.15) is 34.7 Å². The molecule has 0 radical (unpaired) electrons. The number of esters is 1. The predicted octanol–water partition coefficient (Wildman–Crippen LogP) is 2.75. The fourth-order valence-electron chi connectivity index (χ4n) is 5.96. The number of ether oxygens (including phenoxy) is 1. The van der Waals surface area contributed by atoms with Gasteiger partial charge in [0, 0.05) is 17.7 Å². The van der Waals surface area contributed by atoms with E-state index in [0.29, 0.717) is 0 Å². The summed E-state index contributed by atoms with van der Waals surface area (Å²) in [4.78, 5) is 62.0. The van der Waals surface area contributed by atoms with E-state index in [1.807, 2.05) is 18.2 Å².